The van der Waals surface area contributed by atoms with Gasteiger partial charge in [-0.25, -0.2) is 4.98 Å². The molecule has 0 saturated carbocycles. The molecular weight excluding hydrogens is 314 g/mol. The van der Waals surface area contributed by atoms with E-state index in [1.807, 2.05) is 25.1 Å². The third-order valence-electron chi connectivity index (χ3n) is 3.62. The minimum atomic E-state index is 0.455. The summed E-state index contributed by atoms with van der Waals surface area (Å²) < 4.78 is 1.16. The molecule has 104 valence electrons. The second kappa shape index (κ2) is 5.83. The van der Waals surface area contributed by atoms with Crippen molar-refractivity contribution in [2.75, 3.05) is 23.3 Å². The average molecular weight is 332 g/mol. The van der Waals surface area contributed by atoms with E-state index in [4.69, 9.17) is 0 Å². The van der Waals surface area contributed by atoms with Crippen LogP contribution in [0.5, 0.6) is 0 Å². The summed E-state index contributed by atoms with van der Waals surface area (Å²) in [7, 11) is 0. The van der Waals surface area contributed by atoms with Crippen molar-refractivity contribution in [1.29, 1.82) is 0 Å². The van der Waals surface area contributed by atoms with Crippen molar-refractivity contribution in [2.45, 2.75) is 19.4 Å². The van der Waals surface area contributed by atoms with Crippen molar-refractivity contribution >= 4 is 27.4 Å². The number of aromatic nitrogens is 1. The molecule has 0 aliphatic carbocycles. The quantitative estimate of drug-likeness (QED) is 0.926. The number of halogens is 1. The highest BCUT2D eigenvalue weighted by Crippen LogP contribution is 2.29. The summed E-state index contributed by atoms with van der Waals surface area (Å²) >= 11 is 3.63. The number of anilines is 2. The van der Waals surface area contributed by atoms with Gasteiger partial charge in [0.25, 0.3) is 0 Å². The minimum absolute atomic E-state index is 0.455. The Balaban J connectivity index is 1.67. The van der Waals surface area contributed by atoms with Crippen LogP contribution in [0.3, 0.4) is 0 Å². The molecule has 1 aliphatic rings. The van der Waals surface area contributed by atoms with Gasteiger partial charge in [0.05, 0.1) is 5.69 Å². The monoisotopic (exact) mass is 331 g/mol. The van der Waals surface area contributed by atoms with E-state index in [-0.39, 0.29) is 0 Å². The highest BCUT2D eigenvalue weighted by molar-refractivity contribution is 9.10. The maximum Gasteiger partial charge on any atom is 0.126 e. The fourth-order valence-electron chi connectivity index (χ4n) is 2.64. The van der Waals surface area contributed by atoms with Crippen molar-refractivity contribution in [3.05, 3.63) is 52.6 Å². The molecule has 20 heavy (non-hydrogen) atoms. The van der Waals surface area contributed by atoms with Crippen LogP contribution in [0.4, 0.5) is 11.5 Å². The second-order valence-corrected chi connectivity index (χ2v) is 6.05. The Labute approximate surface area is 128 Å². The summed E-state index contributed by atoms with van der Waals surface area (Å²) in [5.74, 6) is 0.976. The molecular formula is C16H18BrN3. The van der Waals surface area contributed by atoms with Crippen LogP contribution < -0.4 is 10.2 Å². The molecule has 1 aromatic heterocycles. The van der Waals surface area contributed by atoms with Gasteiger partial charge >= 0.3 is 0 Å². The summed E-state index contributed by atoms with van der Waals surface area (Å²) in [6.07, 6.45) is 1.14. The van der Waals surface area contributed by atoms with E-state index in [1.165, 1.54) is 5.69 Å². The standard InChI is InChI=1S/C16H18BrN3/c1-12-5-4-8-16(18-12)19-13-9-10-20(11-13)15-7-3-2-6-14(15)17/h2-8,13H,9-11H2,1H3,(H,18,19). The molecule has 1 aromatic carbocycles. The van der Waals surface area contributed by atoms with Gasteiger partial charge in [-0.1, -0.05) is 18.2 Å². The fourth-order valence-corrected chi connectivity index (χ4v) is 3.17. The van der Waals surface area contributed by atoms with E-state index in [2.05, 4.69) is 55.4 Å². The first-order chi connectivity index (χ1) is 9.72. The van der Waals surface area contributed by atoms with Crippen LogP contribution >= 0.6 is 15.9 Å². The largest absolute Gasteiger partial charge is 0.368 e. The molecule has 0 radical (unpaired) electrons. The number of hydrogen-bond acceptors (Lipinski definition) is 3. The number of nitrogens with one attached hydrogen (secondary N) is 1. The number of nitrogens with zero attached hydrogens (tertiary/aromatic N) is 2. The van der Waals surface area contributed by atoms with Crippen LogP contribution in [0.1, 0.15) is 12.1 Å². The highest BCUT2D eigenvalue weighted by atomic mass is 79.9. The lowest BCUT2D eigenvalue weighted by Crippen LogP contribution is -2.26. The van der Waals surface area contributed by atoms with Crippen molar-refractivity contribution in [1.82, 2.24) is 4.98 Å². The van der Waals surface area contributed by atoms with Gasteiger partial charge in [0.1, 0.15) is 5.82 Å². The van der Waals surface area contributed by atoms with Gasteiger partial charge in [-0.3, -0.25) is 0 Å². The van der Waals surface area contributed by atoms with Crippen molar-refractivity contribution in [3.63, 3.8) is 0 Å². The lowest BCUT2D eigenvalue weighted by atomic mass is 10.2. The Kier molecular flexibility index (Phi) is 3.92. The van der Waals surface area contributed by atoms with Gasteiger partial charge in [0.2, 0.25) is 0 Å². The first kappa shape index (κ1) is 13.4. The third-order valence-corrected chi connectivity index (χ3v) is 4.29. The Morgan fingerprint density at radius 1 is 1.20 bits per heavy atom. The van der Waals surface area contributed by atoms with Crippen LogP contribution in [0.25, 0.3) is 0 Å². The summed E-state index contributed by atoms with van der Waals surface area (Å²) in [6, 6.07) is 15.0. The Bertz CT molecular complexity index is 600. The topological polar surface area (TPSA) is 28.2 Å². The molecule has 2 aromatic rings. The van der Waals surface area contributed by atoms with E-state index < -0.39 is 0 Å². The molecule has 1 aliphatic heterocycles. The van der Waals surface area contributed by atoms with Gasteiger partial charge < -0.3 is 10.2 Å². The molecule has 0 bridgehead atoms. The van der Waals surface area contributed by atoms with Crippen molar-refractivity contribution in [2.24, 2.45) is 0 Å². The summed E-state index contributed by atoms with van der Waals surface area (Å²) in [6.45, 7) is 4.11. The van der Waals surface area contributed by atoms with Gasteiger partial charge in [-0.2, -0.15) is 0 Å². The first-order valence-corrected chi connectivity index (χ1v) is 7.71. The molecule has 1 atom stereocenters. The summed E-state index contributed by atoms with van der Waals surface area (Å²) in [5.41, 5.74) is 2.32. The van der Waals surface area contributed by atoms with E-state index in [1.54, 1.807) is 0 Å². The molecule has 1 saturated heterocycles. The van der Waals surface area contributed by atoms with E-state index in [9.17, 15) is 0 Å². The molecule has 2 heterocycles. The third kappa shape index (κ3) is 2.96. The van der Waals surface area contributed by atoms with Crippen LogP contribution in [-0.4, -0.2) is 24.1 Å². The average Bonchev–Trinajstić information content (AvgIpc) is 2.87. The summed E-state index contributed by atoms with van der Waals surface area (Å²) in [5, 5.41) is 3.53. The number of para-hydroxylation sites is 1. The normalized spacial score (nSPS) is 18.3. The lowest BCUT2D eigenvalue weighted by Gasteiger charge is -2.20. The predicted octanol–water partition coefficient (Wildman–Crippen LogP) is 3.84. The molecule has 3 rings (SSSR count). The maximum absolute atomic E-state index is 4.51. The number of benzene rings is 1. The zero-order valence-corrected chi connectivity index (χ0v) is 13.1. The van der Waals surface area contributed by atoms with Crippen LogP contribution in [0.2, 0.25) is 0 Å². The van der Waals surface area contributed by atoms with Gasteiger partial charge in [-0.05, 0) is 53.5 Å². The summed E-state index contributed by atoms with van der Waals surface area (Å²) in [4.78, 5) is 6.93. The number of aryl methyl sites for hydroxylation is 1. The van der Waals surface area contributed by atoms with Crippen molar-refractivity contribution < 1.29 is 0 Å². The van der Waals surface area contributed by atoms with Gasteiger partial charge in [0, 0.05) is 29.3 Å². The zero-order valence-electron chi connectivity index (χ0n) is 11.5. The Hall–Kier alpha value is -1.55. The Morgan fingerprint density at radius 2 is 2.05 bits per heavy atom. The van der Waals surface area contributed by atoms with Crippen LogP contribution in [0, 0.1) is 6.92 Å². The number of pyridine rings is 1. The highest BCUT2D eigenvalue weighted by Gasteiger charge is 2.23. The molecule has 0 amide bonds. The van der Waals surface area contributed by atoms with Gasteiger partial charge in [0.15, 0.2) is 0 Å². The predicted molar refractivity (Wildman–Crippen MR) is 87.4 cm³/mol. The van der Waals surface area contributed by atoms with Crippen LogP contribution in [0.15, 0.2) is 46.9 Å². The molecule has 1 unspecified atom stereocenters. The lowest BCUT2D eigenvalue weighted by molar-refractivity contribution is 0.799. The van der Waals surface area contributed by atoms with Crippen LogP contribution in [-0.2, 0) is 0 Å². The number of rotatable bonds is 3. The number of hydrogen-bond donors (Lipinski definition) is 1. The molecule has 3 nitrogen and oxygen atoms in total. The molecule has 1 fully saturated rings. The first-order valence-electron chi connectivity index (χ1n) is 6.92. The van der Waals surface area contributed by atoms with E-state index >= 15 is 0 Å². The Morgan fingerprint density at radius 3 is 2.85 bits per heavy atom. The minimum Gasteiger partial charge on any atom is -0.368 e. The fraction of sp³-hybridized carbons (Fsp3) is 0.312. The van der Waals surface area contributed by atoms with Gasteiger partial charge in [-0.15, -0.1) is 0 Å². The zero-order chi connectivity index (χ0) is 13.9. The second-order valence-electron chi connectivity index (χ2n) is 5.19. The van der Waals surface area contributed by atoms with E-state index in [0.29, 0.717) is 6.04 Å². The smallest absolute Gasteiger partial charge is 0.126 e. The van der Waals surface area contributed by atoms with E-state index in [0.717, 1.165) is 35.5 Å². The molecule has 0 spiro atoms. The molecule has 4 heteroatoms. The molecule has 1 N–H and O–H groups in total. The SMILES string of the molecule is Cc1cccc(NC2CCN(c3ccccc3Br)C2)n1. The van der Waals surface area contributed by atoms with Crippen molar-refractivity contribution in [3.8, 4) is 0 Å². The maximum atomic E-state index is 4.51.